The van der Waals surface area contributed by atoms with Crippen molar-refractivity contribution < 1.29 is 0 Å². The molecule has 0 aliphatic heterocycles. The first-order valence-corrected chi connectivity index (χ1v) is 8.24. The van der Waals surface area contributed by atoms with Crippen LogP contribution in [0.15, 0.2) is 24.3 Å². The van der Waals surface area contributed by atoms with Gasteiger partial charge in [-0.05, 0) is 30.9 Å². The minimum atomic E-state index is 0.516. The first-order chi connectivity index (χ1) is 9.65. The fraction of sp³-hybridized carbons (Fsp3) is 0.471. The van der Waals surface area contributed by atoms with Crippen LogP contribution in [-0.2, 0) is 13.0 Å². The van der Waals surface area contributed by atoms with Crippen molar-refractivity contribution in [3.63, 3.8) is 0 Å². The third kappa shape index (κ3) is 2.65. The smallest absolute Gasteiger partial charge is 0.101 e. The van der Waals surface area contributed by atoms with Crippen LogP contribution in [0.25, 0.3) is 0 Å². The van der Waals surface area contributed by atoms with Crippen molar-refractivity contribution >= 4 is 11.3 Å². The summed E-state index contributed by atoms with van der Waals surface area (Å²) in [6.45, 7) is 7.45. The van der Waals surface area contributed by atoms with Crippen molar-refractivity contribution in [2.24, 2.45) is 0 Å². The first kappa shape index (κ1) is 13.8. The van der Waals surface area contributed by atoms with Gasteiger partial charge in [-0.15, -0.1) is 11.3 Å². The minimum absolute atomic E-state index is 0.516. The van der Waals surface area contributed by atoms with Gasteiger partial charge in [0.1, 0.15) is 5.01 Å². The highest BCUT2D eigenvalue weighted by molar-refractivity contribution is 7.11. The number of hydrogen-bond acceptors (Lipinski definition) is 3. The summed E-state index contributed by atoms with van der Waals surface area (Å²) < 4.78 is 0. The van der Waals surface area contributed by atoms with E-state index in [9.17, 15) is 0 Å². The lowest BCUT2D eigenvalue weighted by molar-refractivity contribution is 0.591. The highest BCUT2D eigenvalue weighted by Gasteiger charge is 2.26. The lowest BCUT2D eigenvalue weighted by Gasteiger charge is -2.08. The SMILES string of the molecule is Cc1nc(C2CCc3ccccc32)sc1CNC(C)C. The molecule has 2 nitrogen and oxygen atoms in total. The largest absolute Gasteiger partial charge is 0.310 e. The van der Waals surface area contributed by atoms with E-state index in [1.54, 1.807) is 0 Å². The van der Waals surface area contributed by atoms with Crippen LogP contribution in [0.5, 0.6) is 0 Å². The minimum Gasteiger partial charge on any atom is -0.310 e. The average Bonchev–Trinajstić information content (AvgIpc) is 3.00. The quantitative estimate of drug-likeness (QED) is 0.918. The summed E-state index contributed by atoms with van der Waals surface area (Å²) in [6.07, 6.45) is 2.41. The zero-order chi connectivity index (χ0) is 14.1. The Hall–Kier alpha value is -1.19. The third-order valence-electron chi connectivity index (χ3n) is 4.01. The van der Waals surface area contributed by atoms with E-state index >= 15 is 0 Å². The van der Waals surface area contributed by atoms with Gasteiger partial charge in [-0.2, -0.15) is 0 Å². The lowest BCUT2D eigenvalue weighted by atomic mass is 10.0. The molecule has 0 saturated carbocycles. The van der Waals surface area contributed by atoms with E-state index in [0.717, 1.165) is 6.54 Å². The maximum atomic E-state index is 4.85. The highest BCUT2D eigenvalue weighted by atomic mass is 32.1. The molecule has 1 atom stereocenters. The van der Waals surface area contributed by atoms with Gasteiger partial charge in [0.15, 0.2) is 0 Å². The normalized spacial score (nSPS) is 17.7. The number of aromatic nitrogens is 1. The van der Waals surface area contributed by atoms with Crippen LogP contribution in [0, 0.1) is 6.92 Å². The number of thiazole rings is 1. The van der Waals surface area contributed by atoms with Crippen molar-refractivity contribution in [3.05, 3.63) is 51.0 Å². The molecular weight excluding hydrogens is 264 g/mol. The molecule has 3 heteroatoms. The summed E-state index contributed by atoms with van der Waals surface area (Å²) in [5.41, 5.74) is 4.19. The van der Waals surface area contributed by atoms with Crippen LogP contribution in [-0.4, -0.2) is 11.0 Å². The van der Waals surface area contributed by atoms with Gasteiger partial charge in [-0.1, -0.05) is 38.1 Å². The molecule has 1 aromatic carbocycles. The molecule has 2 aromatic rings. The molecule has 1 aliphatic carbocycles. The molecule has 0 fully saturated rings. The molecule has 1 aromatic heterocycles. The predicted octanol–water partition coefficient (Wildman–Crippen LogP) is 4.03. The van der Waals surface area contributed by atoms with Gasteiger partial charge in [0, 0.05) is 23.4 Å². The number of hydrogen-bond donors (Lipinski definition) is 1. The van der Waals surface area contributed by atoms with Gasteiger partial charge in [-0.25, -0.2) is 4.98 Å². The van der Waals surface area contributed by atoms with Crippen molar-refractivity contribution in [3.8, 4) is 0 Å². The predicted molar refractivity (Wildman–Crippen MR) is 85.4 cm³/mol. The third-order valence-corrected chi connectivity index (χ3v) is 5.28. The lowest BCUT2D eigenvalue weighted by Crippen LogP contribution is -2.21. The number of fused-ring (bicyclic) bond motifs is 1. The first-order valence-electron chi connectivity index (χ1n) is 7.42. The number of benzene rings is 1. The summed E-state index contributed by atoms with van der Waals surface area (Å²) in [5, 5.41) is 4.80. The van der Waals surface area contributed by atoms with Crippen LogP contribution in [0.1, 0.15) is 52.9 Å². The van der Waals surface area contributed by atoms with Crippen LogP contribution in [0.3, 0.4) is 0 Å². The zero-order valence-corrected chi connectivity index (χ0v) is 13.3. The Bertz CT molecular complexity index is 601. The van der Waals surface area contributed by atoms with Crippen LogP contribution < -0.4 is 5.32 Å². The van der Waals surface area contributed by atoms with E-state index in [-0.39, 0.29) is 0 Å². The van der Waals surface area contributed by atoms with Crippen molar-refractivity contribution in [2.75, 3.05) is 0 Å². The summed E-state index contributed by atoms with van der Waals surface area (Å²) in [5.74, 6) is 0.516. The Labute approximate surface area is 125 Å². The standard InChI is InChI=1S/C17H22N2S/c1-11(2)18-10-16-12(3)19-17(20-16)15-9-8-13-6-4-5-7-14(13)15/h4-7,11,15,18H,8-10H2,1-3H3. The van der Waals surface area contributed by atoms with Crippen LogP contribution >= 0.6 is 11.3 Å². The Morgan fingerprint density at radius 1 is 1.35 bits per heavy atom. The second kappa shape index (κ2) is 5.66. The van der Waals surface area contributed by atoms with Crippen LogP contribution in [0.2, 0.25) is 0 Å². The molecule has 0 amide bonds. The molecular formula is C17H22N2S. The summed E-state index contributed by atoms with van der Waals surface area (Å²) >= 11 is 1.89. The van der Waals surface area contributed by atoms with E-state index in [4.69, 9.17) is 4.98 Å². The molecule has 0 radical (unpaired) electrons. The fourth-order valence-electron chi connectivity index (χ4n) is 2.87. The second-order valence-corrected chi connectivity index (χ2v) is 7.00. The van der Waals surface area contributed by atoms with Gasteiger partial charge >= 0.3 is 0 Å². The molecule has 1 heterocycles. The number of nitrogens with one attached hydrogen (secondary N) is 1. The van der Waals surface area contributed by atoms with Crippen molar-refractivity contribution in [2.45, 2.75) is 52.1 Å². The van der Waals surface area contributed by atoms with E-state index < -0.39 is 0 Å². The Morgan fingerprint density at radius 2 is 2.15 bits per heavy atom. The van der Waals surface area contributed by atoms with E-state index in [2.05, 4.69) is 50.4 Å². The van der Waals surface area contributed by atoms with Gasteiger partial charge in [0.05, 0.1) is 5.69 Å². The molecule has 1 N–H and O–H groups in total. The summed E-state index contributed by atoms with van der Waals surface area (Å²) in [6, 6.07) is 9.35. The number of rotatable bonds is 4. The molecule has 1 unspecified atom stereocenters. The fourth-order valence-corrected chi connectivity index (χ4v) is 4.05. The Morgan fingerprint density at radius 3 is 2.95 bits per heavy atom. The van der Waals surface area contributed by atoms with Crippen LogP contribution in [0.4, 0.5) is 0 Å². The number of aryl methyl sites for hydroxylation is 2. The molecule has 106 valence electrons. The average molecular weight is 286 g/mol. The second-order valence-electron chi connectivity index (χ2n) is 5.89. The van der Waals surface area contributed by atoms with Gasteiger partial charge in [0.25, 0.3) is 0 Å². The van der Waals surface area contributed by atoms with Crippen molar-refractivity contribution in [1.82, 2.24) is 10.3 Å². The molecule has 0 spiro atoms. The van der Waals surface area contributed by atoms with E-state index in [1.807, 2.05) is 11.3 Å². The van der Waals surface area contributed by atoms with Gasteiger partial charge in [0.2, 0.25) is 0 Å². The molecule has 0 bridgehead atoms. The summed E-state index contributed by atoms with van der Waals surface area (Å²) in [7, 11) is 0. The maximum absolute atomic E-state index is 4.85. The molecule has 20 heavy (non-hydrogen) atoms. The van der Waals surface area contributed by atoms with Crippen molar-refractivity contribution in [1.29, 1.82) is 0 Å². The van der Waals surface area contributed by atoms with E-state index in [0.29, 0.717) is 12.0 Å². The van der Waals surface area contributed by atoms with E-state index in [1.165, 1.54) is 39.5 Å². The number of nitrogens with zero attached hydrogens (tertiary/aromatic N) is 1. The zero-order valence-electron chi connectivity index (χ0n) is 12.4. The Balaban J connectivity index is 1.84. The highest BCUT2D eigenvalue weighted by Crippen LogP contribution is 2.40. The topological polar surface area (TPSA) is 24.9 Å². The molecule has 1 aliphatic rings. The molecule has 0 saturated heterocycles. The summed E-state index contributed by atoms with van der Waals surface area (Å²) in [4.78, 5) is 6.24. The van der Waals surface area contributed by atoms with Gasteiger partial charge < -0.3 is 5.32 Å². The molecule has 3 rings (SSSR count). The Kier molecular flexibility index (Phi) is 3.90. The van der Waals surface area contributed by atoms with Gasteiger partial charge in [-0.3, -0.25) is 0 Å². The maximum Gasteiger partial charge on any atom is 0.101 e. The monoisotopic (exact) mass is 286 g/mol.